The van der Waals surface area contributed by atoms with Crippen LogP contribution in [0.2, 0.25) is 0 Å². The van der Waals surface area contributed by atoms with Crippen molar-refractivity contribution in [1.29, 1.82) is 0 Å². The van der Waals surface area contributed by atoms with Gasteiger partial charge in [0.15, 0.2) is 0 Å². The number of ether oxygens (including phenoxy) is 1. The van der Waals surface area contributed by atoms with Crippen LogP contribution in [0.1, 0.15) is 37.8 Å². The summed E-state index contributed by atoms with van der Waals surface area (Å²) in [6.07, 6.45) is 1.41. The zero-order valence-corrected chi connectivity index (χ0v) is 20.8. The number of hydrogen-bond donors (Lipinski definition) is 1. The Morgan fingerprint density at radius 2 is 1.87 bits per heavy atom. The summed E-state index contributed by atoms with van der Waals surface area (Å²) < 4.78 is 6.35. The van der Waals surface area contributed by atoms with Gasteiger partial charge in [-0.3, -0.25) is 9.59 Å². The van der Waals surface area contributed by atoms with Crippen LogP contribution in [0.3, 0.4) is 0 Å². The van der Waals surface area contributed by atoms with Crippen LogP contribution >= 0.6 is 27.7 Å². The van der Waals surface area contributed by atoms with Crippen molar-refractivity contribution in [2.24, 2.45) is 0 Å². The number of nitrogens with one attached hydrogen (secondary N) is 1. The van der Waals surface area contributed by atoms with Crippen LogP contribution in [0.4, 0.5) is 0 Å². The number of thioether (sulfide) groups is 1. The highest BCUT2D eigenvalue weighted by Crippen LogP contribution is 2.20. The minimum Gasteiger partial charge on any atom is -0.497 e. The maximum atomic E-state index is 13.2. The molecule has 0 radical (unpaired) electrons. The Morgan fingerprint density at radius 3 is 2.52 bits per heavy atom. The lowest BCUT2D eigenvalue weighted by atomic mass is 10.1. The zero-order chi connectivity index (χ0) is 22.6. The molecule has 0 spiro atoms. The number of rotatable bonds is 12. The molecule has 1 atom stereocenters. The van der Waals surface area contributed by atoms with E-state index in [1.54, 1.807) is 23.8 Å². The van der Waals surface area contributed by atoms with Crippen LogP contribution in [0.15, 0.2) is 53.0 Å². The molecule has 5 nitrogen and oxygen atoms in total. The Kier molecular flexibility index (Phi) is 10.9. The van der Waals surface area contributed by atoms with E-state index in [2.05, 4.69) is 21.2 Å². The fourth-order valence-electron chi connectivity index (χ4n) is 3.17. The number of carbonyl (C=O) groups is 2. The van der Waals surface area contributed by atoms with Gasteiger partial charge in [0.2, 0.25) is 11.8 Å². The van der Waals surface area contributed by atoms with E-state index in [1.807, 2.05) is 62.4 Å². The molecule has 0 fully saturated rings. The van der Waals surface area contributed by atoms with Crippen molar-refractivity contribution in [1.82, 2.24) is 10.2 Å². The van der Waals surface area contributed by atoms with Gasteiger partial charge in [-0.05, 0) is 48.2 Å². The minimum atomic E-state index is -0.501. The van der Waals surface area contributed by atoms with Gasteiger partial charge in [-0.2, -0.15) is 0 Å². The Morgan fingerprint density at radius 1 is 1.13 bits per heavy atom. The standard InChI is InChI=1S/C24H31BrN2O3S/c1-4-13-26-24(29)22(5-2)27(15-19-7-6-8-21(14-19)30-3)23(28)17-31-16-18-9-11-20(25)12-10-18/h6-12,14,22H,4-5,13,15-17H2,1-3H3,(H,26,29). The molecule has 0 aliphatic carbocycles. The monoisotopic (exact) mass is 506 g/mol. The third kappa shape index (κ3) is 8.22. The van der Waals surface area contributed by atoms with Crippen LogP contribution in [0.5, 0.6) is 5.75 Å². The second-order valence-corrected chi connectivity index (χ2v) is 9.11. The first-order chi connectivity index (χ1) is 15.0. The summed E-state index contributed by atoms with van der Waals surface area (Å²) in [6.45, 7) is 4.93. The van der Waals surface area contributed by atoms with E-state index in [0.29, 0.717) is 25.3 Å². The molecule has 0 aromatic heterocycles. The van der Waals surface area contributed by atoms with Crippen LogP contribution in [0.25, 0.3) is 0 Å². The molecule has 0 saturated carbocycles. The molecule has 2 aromatic carbocycles. The lowest BCUT2D eigenvalue weighted by Gasteiger charge is -2.30. The predicted molar refractivity (Wildman–Crippen MR) is 131 cm³/mol. The average Bonchev–Trinajstić information content (AvgIpc) is 2.78. The fourth-order valence-corrected chi connectivity index (χ4v) is 4.31. The molecule has 0 saturated heterocycles. The average molecular weight is 507 g/mol. The van der Waals surface area contributed by atoms with Crippen molar-refractivity contribution in [3.05, 3.63) is 64.1 Å². The van der Waals surface area contributed by atoms with E-state index in [4.69, 9.17) is 4.74 Å². The molecule has 1 unspecified atom stereocenters. The number of amides is 2. The normalized spacial score (nSPS) is 11.6. The first-order valence-corrected chi connectivity index (χ1v) is 12.5. The van der Waals surface area contributed by atoms with Crippen molar-refractivity contribution < 1.29 is 14.3 Å². The first kappa shape index (κ1) is 25.3. The maximum Gasteiger partial charge on any atom is 0.242 e. The summed E-state index contributed by atoms with van der Waals surface area (Å²) >= 11 is 5.00. The smallest absolute Gasteiger partial charge is 0.242 e. The number of hydrogen-bond acceptors (Lipinski definition) is 4. The molecular weight excluding hydrogens is 476 g/mol. The third-order valence-electron chi connectivity index (χ3n) is 4.83. The van der Waals surface area contributed by atoms with E-state index < -0.39 is 6.04 Å². The van der Waals surface area contributed by atoms with Crippen LogP contribution in [-0.2, 0) is 21.9 Å². The van der Waals surface area contributed by atoms with Gasteiger partial charge < -0.3 is 15.0 Å². The lowest BCUT2D eigenvalue weighted by Crippen LogP contribution is -2.49. The molecule has 0 bridgehead atoms. The molecule has 7 heteroatoms. The predicted octanol–water partition coefficient (Wildman–Crippen LogP) is 5.02. The van der Waals surface area contributed by atoms with Gasteiger partial charge in [0.25, 0.3) is 0 Å². The highest BCUT2D eigenvalue weighted by Gasteiger charge is 2.28. The van der Waals surface area contributed by atoms with Gasteiger partial charge in [0.1, 0.15) is 11.8 Å². The van der Waals surface area contributed by atoms with Gasteiger partial charge in [-0.25, -0.2) is 0 Å². The second-order valence-electron chi connectivity index (χ2n) is 7.21. The van der Waals surface area contributed by atoms with Crippen LogP contribution < -0.4 is 10.1 Å². The summed E-state index contributed by atoms with van der Waals surface area (Å²) in [5.74, 6) is 1.66. The molecule has 0 aliphatic heterocycles. The summed E-state index contributed by atoms with van der Waals surface area (Å²) in [5, 5.41) is 2.95. The Balaban J connectivity index is 2.12. The van der Waals surface area contributed by atoms with Gasteiger partial charge in [0, 0.05) is 23.3 Å². The quantitative estimate of drug-likeness (QED) is 0.438. The molecule has 2 aromatic rings. The summed E-state index contributed by atoms with van der Waals surface area (Å²) in [5.41, 5.74) is 2.10. The molecular formula is C24H31BrN2O3S. The molecule has 168 valence electrons. The molecule has 0 heterocycles. The van der Waals surface area contributed by atoms with Gasteiger partial charge in [0.05, 0.1) is 12.9 Å². The minimum absolute atomic E-state index is 0.0385. The molecule has 2 rings (SSSR count). The van der Waals surface area contributed by atoms with E-state index in [9.17, 15) is 9.59 Å². The SMILES string of the molecule is CCCNC(=O)C(CC)N(Cc1cccc(OC)c1)C(=O)CSCc1ccc(Br)cc1. The van der Waals surface area contributed by atoms with Crippen LogP contribution in [0, 0.1) is 0 Å². The highest BCUT2D eigenvalue weighted by molar-refractivity contribution is 9.10. The zero-order valence-electron chi connectivity index (χ0n) is 18.4. The Labute approximate surface area is 198 Å². The van der Waals surface area contributed by atoms with Crippen molar-refractivity contribution >= 4 is 39.5 Å². The molecule has 2 amide bonds. The number of methoxy groups -OCH3 is 1. The Hall–Kier alpha value is -1.99. The summed E-state index contributed by atoms with van der Waals surface area (Å²) in [6, 6.07) is 15.2. The van der Waals surface area contributed by atoms with Crippen molar-refractivity contribution in [3.63, 3.8) is 0 Å². The summed E-state index contributed by atoms with van der Waals surface area (Å²) in [7, 11) is 1.62. The third-order valence-corrected chi connectivity index (χ3v) is 6.35. The van der Waals surface area contributed by atoms with Crippen molar-refractivity contribution in [2.45, 2.75) is 45.0 Å². The van der Waals surface area contributed by atoms with Crippen molar-refractivity contribution in [2.75, 3.05) is 19.4 Å². The van der Waals surface area contributed by atoms with Gasteiger partial charge in [-0.1, -0.05) is 54.0 Å². The molecule has 1 N–H and O–H groups in total. The van der Waals surface area contributed by atoms with Gasteiger partial charge >= 0.3 is 0 Å². The Bertz CT molecular complexity index is 845. The van der Waals surface area contributed by atoms with E-state index in [1.165, 1.54) is 0 Å². The number of nitrogens with zero attached hydrogens (tertiary/aromatic N) is 1. The van der Waals surface area contributed by atoms with Crippen LogP contribution in [-0.4, -0.2) is 42.2 Å². The summed E-state index contributed by atoms with van der Waals surface area (Å²) in [4.78, 5) is 27.7. The van der Waals surface area contributed by atoms with E-state index in [-0.39, 0.29) is 11.8 Å². The number of benzene rings is 2. The maximum absolute atomic E-state index is 13.2. The van der Waals surface area contributed by atoms with Gasteiger partial charge in [-0.15, -0.1) is 11.8 Å². The fraction of sp³-hybridized carbons (Fsp3) is 0.417. The largest absolute Gasteiger partial charge is 0.497 e. The van der Waals surface area contributed by atoms with Crippen molar-refractivity contribution in [3.8, 4) is 5.75 Å². The topological polar surface area (TPSA) is 58.6 Å². The lowest BCUT2D eigenvalue weighted by molar-refractivity contribution is -0.139. The highest BCUT2D eigenvalue weighted by atomic mass is 79.9. The number of carbonyl (C=O) groups excluding carboxylic acids is 2. The first-order valence-electron chi connectivity index (χ1n) is 10.5. The number of halogens is 1. The molecule has 0 aliphatic rings. The molecule has 31 heavy (non-hydrogen) atoms. The van der Waals surface area contributed by atoms with E-state index in [0.717, 1.165) is 33.5 Å². The second kappa shape index (κ2) is 13.4. The van der Waals surface area contributed by atoms with E-state index >= 15 is 0 Å².